The molecule has 4 aromatic rings. The summed E-state index contributed by atoms with van der Waals surface area (Å²) >= 11 is 2.75. The van der Waals surface area contributed by atoms with Crippen LogP contribution in [0.2, 0.25) is 0 Å². The number of anilines is 1. The zero-order valence-corrected chi connectivity index (χ0v) is 16.0. The maximum atomic E-state index is 12.3. The lowest BCUT2D eigenvalue weighted by atomic mass is 10.2. The number of hydrogen-bond donors (Lipinski definition) is 3. The standard InChI is InChI=1S/C18H14N6O2S2/c19-16(26)13-5-10(7-21-13)14-9-28-18(23-14)24-15(25)6-11-8-27-17(22-11)12-3-1-2-4-20-12/h1-5,7-9,21H,6H2,(H2,19,26)(H,23,24,25). The van der Waals surface area contributed by atoms with Crippen LogP contribution in [0.1, 0.15) is 16.2 Å². The number of nitrogens with two attached hydrogens (primary N) is 1. The average Bonchev–Trinajstić information content (AvgIpc) is 3.42. The zero-order chi connectivity index (χ0) is 19.5. The van der Waals surface area contributed by atoms with Crippen LogP contribution >= 0.6 is 22.7 Å². The first-order valence-corrected chi connectivity index (χ1v) is 9.94. The number of rotatable bonds is 6. The Morgan fingerprint density at radius 3 is 2.79 bits per heavy atom. The van der Waals surface area contributed by atoms with Gasteiger partial charge >= 0.3 is 0 Å². The van der Waals surface area contributed by atoms with Gasteiger partial charge in [0, 0.05) is 28.7 Å². The van der Waals surface area contributed by atoms with Crippen LogP contribution in [0, 0.1) is 0 Å². The topological polar surface area (TPSA) is 127 Å². The quantitative estimate of drug-likeness (QED) is 0.450. The molecule has 4 N–H and O–H groups in total. The zero-order valence-electron chi connectivity index (χ0n) is 14.4. The van der Waals surface area contributed by atoms with Crippen LogP contribution in [-0.2, 0) is 11.2 Å². The average molecular weight is 410 g/mol. The van der Waals surface area contributed by atoms with Crippen molar-refractivity contribution in [1.82, 2.24) is 19.9 Å². The summed E-state index contributed by atoms with van der Waals surface area (Å²) in [5, 5.41) is 7.67. The molecule has 4 heterocycles. The summed E-state index contributed by atoms with van der Waals surface area (Å²) in [7, 11) is 0. The number of hydrogen-bond acceptors (Lipinski definition) is 7. The molecule has 28 heavy (non-hydrogen) atoms. The molecule has 0 bridgehead atoms. The van der Waals surface area contributed by atoms with Gasteiger partial charge in [-0.05, 0) is 18.2 Å². The minimum Gasteiger partial charge on any atom is -0.364 e. The molecule has 140 valence electrons. The van der Waals surface area contributed by atoms with Gasteiger partial charge in [-0.3, -0.25) is 14.6 Å². The van der Waals surface area contributed by atoms with Gasteiger partial charge in [0.15, 0.2) is 5.13 Å². The van der Waals surface area contributed by atoms with Crippen molar-refractivity contribution < 1.29 is 9.59 Å². The summed E-state index contributed by atoms with van der Waals surface area (Å²) < 4.78 is 0. The first-order chi connectivity index (χ1) is 13.6. The number of amides is 2. The molecule has 0 saturated carbocycles. The molecule has 0 unspecified atom stereocenters. The molecule has 8 nitrogen and oxygen atoms in total. The Labute approximate surface area is 167 Å². The number of carbonyl (C=O) groups is 2. The van der Waals surface area contributed by atoms with Crippen LogP contribution in [0.4, 0.5) is 5.13 Å². The van der Waals surface area contributed by atoms with Gasteiger partial charge in [-0.1, -0.05) is 6.07 Å². The van der Waals surface area contributed by atoms with Crippen LogP contribution in [0.15, 0.2) is 47.4 Å². The second-order valence-electron chi connectivity index (χ2n) is 5.79. The molecule has 0 aliphatic heterocycles. The number of nitrogens with one attached hydrogen (secondary N) is 2. The predicted molar refractivity (Wildman–Crippen MR) is 108 cm³/mol. The lowest BCUT2D eigenvalue weighted by Gasteiger charge is -1.99. The van der Waals surface area contributed by atoms with Crippen molar-refractivity contribution in [3.05, 3.63) is 58.8 Å². The van der Waals surface area contributed by atoms with E-state index in [4.69, 9.17) is 5.73 Å². The minimum absolute atomic E-state index is 0.147. The number of carbonyl (C=O) groups excluding carboxylic acids is 2. The third kappa shape index (κ3) is 3.97. The second-order valence-corrected chi connectivity index (χ2v) is 7.50. The fourth-order valence-electron chi connectivity index (χ4n) is 2.47. The van der Waals surface area contributed by atoms with Gasteiger partial charge in [-0.15, -0.1) is 22.7 Å². The first kappa shape index (κ1) is 18.0. The van der Waals surface area contributed by atoms with Crippen molar-refractivity contribution in [2.75, 3.05) is 5.32 Å². The van der Waals surface area contributed by atoms with E-state index in [0.717, 1.165) is 16.3 Å². The third-order valence-electron chi connectivity index (χ3n) is 3.77. The van der Waals surface area contributed by atoms with E-state index >= 15 is 0 Å². The number of primary amides is 1. The minimum atomic E-state index is -0.539. The Kier molecular flexibility index (Phi) is 4.96. The van der Waals surface area contributed by atoms with E-state index in [0.29, 0.717) is 22.2 Å². The van der Waals surface area contributed by atoms with Crippen molar-refractivity contribution in [1.29, 1.82) is 0 Å². The largest absolute Gasteiger partial charge is 0.364 e. The van der Waals surface area contributed by atoms with Gasteiger partial charge in [-0.25, -0.2) is 9.97 Å². The van der Waals surface area contributed by atoms with E-state index in [1.807, 2.05) is 23.6 Å². The van der Waals surface area contributed by atoms with E-state index in [9.17, 15) is 9.59 Å². The highest BCUT2D eigenvalue weighted by atomic mass is 32.1. The summed E-state index contributed by atoms with van der Waals surface area (Å²) in [5.74, 6) is -0.742. The van der Waals surface area contributed by atoms with Crippen LogP contribution in [0.25, 0.3) is 22.0 Å². The van der Waals surface area contributed by atoms with Crippen molar-refractivity contribution in [2.45, 2.75) is 6.42 Å². The number of nitrogens with zero attached hydrogens (tertiary/aromatic N) is 3. The van der Waals surface area contributed by atoms with Gasteiger partial charge in [0.1, 0.15) is 10.7 Å². The molecular formula is C18H14N6O2S2. The summed E-state index contributed by atoms with van der Waals surface area (Å²) in [6.07, 6.45) is 3.50. The SMILES string of the molecule is NC(=O)c1cc(-c2csc(NC(=O)Cc3csc(-c4ccccn4)n3)n2)c[nH]1. The normalized spacial score (nSPS) is 10.7. The number of thiazole rings is 2. The summed E-state index contributed by atoms with van der Waals surface area (Å²) in [6.45, 7) is 0. The highest BCUT2D eigenvalue weighted by Crippen LogP contribution is 2.26. The molecule has 4 aromatic heterocycles. The number of aromatic nitrogens is 4. The van der Waals surface area contributed by atoms with Gasteiger partial charge in [0.05, 0.1) is 23.5 Å². The van der Waals surface area contributed by atoms with Crippen LogP contribution in [-0.4, -0.2) is 31.8 Å². The van der Waals surface area contributed by atoms with Crippen LogP contribution in [0.3, 0.4) is 0 Å². The molecule has 2 amide bonds. The van der Waals surface area contributed by atoms with Crippen molar-refractivity contribution in [3.8, 4) is 22.0 Å². The highest BCUT2D eigenvalue weighted by Gasteiger charge is 2.13. The molecule has 0 aromatic carbocycles. The Bertz CT molecular complexity index is 1130. The Morgan fingerprint density at radius 1 is 1.14 bits per heavy atom. The Morgan fingerprint density at radius 2 is 2.04 bits per heavy atom. The van der Waals surface area contributed by atoms with Crippen LogP contribution in [0.5, 0.6) is 0 Å². The van der Waals surface area contributed by atoms with E-state index in [2.05, 4.69) is 25.3 Å². The molecule has 4 rings (SSSR count). The van der Waals surface area contributed by atoms with Gasteiger partial charge < -0.3 is 16.0 Å². The van der Waals surface area contributed by atoms with Crippen LogP contribution < -0.4 is 11.1 Å². The van der Waals surface area contributed by atoms with E-state index in [-0.39, 0.29) is 12.3 Å². The van der Waals surface area contributed by atoms with Gasteiger partial charge in [0.25, 0.3) is 5.91 Å². The molecule has 0 saturated heterocycles. The van der Waals surface area contributed by atoms with Crippen molar-refractivity contribution >= 4 is 39.6 Å². The molecule has 10 heteroatoms. The molecule has 0 aliphatic rings. The fraction of sp³-hybridized carbons (Fsp3) is 0.0556. The monoisotopic (exact) mass is 410 g/mol. The maximum absolute atomic E-state index is 12.3. The Balaban J connectivity index is 1.40. The number of H-pyrrole nitrogens is 1. The fourth-order valence-corrected chi connectivity index (χ4v) is 4.00. The molecular weight excluding hydrogens is 396 g/mol. The van der Waals surface area contributed by atoms with Crippen molar-refractivity contribution in [2.24, 2.45) is 5.73 Å². The third-order valence-corrected chi connectivity index (χ3v) is 5.44. The summed E-state index contributed by atoms with van der Waals surface area (Å²) in [4.78, 5) is 39.4. The van der Waals surface area contributed by atoms with E-state index in [1.165, 1.54) is 22.7 Å². The highest BCUT2D eigenvalue weighted by molar-refractivity contribution is 7.14. The predicted octanol–water partition coefficient (Wildman–Crippen LogP) is 2.94. The van der Waals surface area contributed by atoms with Gasteiger partial charge in [0.2, 0.25) is 5.91 Å². The summed E-state index contributed by atoms with van der Waals surface area (Å²) in [6, 6.07) is 7.24. The first-order valence-electron chi connectivity index (χ1n) is 8.18. The maximum Gasteiger partial charge on any atom is 0.265 e. The lowest BCUT2D eigenvalue weighted by Crippen LogP contribution is -2.14. The summed E-state index contributed by atoms with van der Waals surface area (Å²) in [5.41, 5.74) is 8.38. The molecule has 0 spiro atoms. The smallest absolute Gasteiger partial charge is 0.265 e. The molecule has 0 aliphatic carbocycles. The van der Waals surface area contributed by atoms with E-state index in [1.54, 1.807) is 23.8 Å². The molecule has 0 atom stereocenters. The number of pyridine rings is 1. The second kappa shape index (κ2) is 7.71. The lowest BCUT2D eigenvalue weighted by molar-refractivity contribution is -0.115. The van der Waals surface area contributed by atoms with Crippen molar-refractivity contribution in [3.63, 3.8) is 0 Å². The van der Waals surface area contributed by atoms with E-state index < -0.39 is 5.91 Å². The van der Waals surface area contributed by atoms with Gasteiger partial charge in [-0.2, -0.15) is 0 Å². The Hall–Kier alpha value is -3.37. The molecule has 0 radical (unpaired) electrons. The number of aromatic amines is 1. The molecule has 0 fully saturated rings.